The maximum absolute atomic E-state index is 12.4. The molecule has 0 aliphatic carbocycles. The van der Waals surface area contributed by atoms with Gasteiger partial charge >= 0.3 is 0 Å². The Morgan fingerprint density at radius 2 is 1.90 bits per heavy atom. The molecule has 1 heterocycles. The van der Waals surface area contributed by atoms with E-state index in [0.717, 1.165) is 12.8 Å². The van der Waals surface area contributed by atoms with Crippen LogP contribution in [0.25, 0.3) is 0 Å². The number of piperazine rings is 1. The van der Waals surface area contributed by atoms with Gasteiger partial charge in [0.1, 0.15) is 5.54 Å². The van der Waals surface area contributed by atoms with Crippen LogP contribution in [0.5, 0.6) is 0 Å². The number of carbonyl (C=O) groups is 2. The Hall–Kier alpha value is -1.10. The van der Waals surface area contributed by atoms with E-state index in [9.17, 15) is 9.59 Å². The van der Waals surface area contributed by atoms with E-state index in [2.05, 4.69) is 13.8 Å². The predicted molar refractivity (Wildman–Crippen MR) is 80.1 cm³/mol. The van der Waals surface area contributed by atoms with Crippen molar-refractivity contribution >= 4 is 11.8 Å². The molecule has 5 nitrogen and oxygen atoms in total. The van der Waals surface area contributed by atoms with Crippen LogP contribution in [0.2, 0.25) is 0 Å². The predicted octanol–water partition coefficient (Wildman–Crippen LogP) is 1.22. The van der Waals surface area contributed by atoms with Gasteiger partial charge in [-0.3, -0.25) is 9.59 Å². The zero-order valence-electron chi connectivity index (χ0n) is 13.5. The molecule has 0 aromatic carbocycles. The van der Waals surface area contributed by atoms with Gasteiger partial charge in [-0.15, -0.1) is 0 Å². The molecule has 116 valence electrons. The Balaban J connectivity index is 2.66. The van der Waals surface area contributed by atoms with Crippen LogP contribution in [0.3, 0.4) is 0 Å². The maximum atomic E-state index is 12.4. The van der Waals surface area contributed by atoms with Gasteiger partial charge in [0.15, 0.2) is 0 Å². The fourth-order valence-electron chi connectivity index (χ4n) is 2.75. The van der Waals surface area contributed by atoms with Crippen LogP contribution < -0.4 is 5.73 Å². The van der Waals surface area contributed by atoms with E-state index < -0.39 is 5.54 Å². The molecule has 2 amide bonds. The Bertz CT molecular complexity index is 377. The largest absolute Gasteiger partial charge is 0.342 e. The van der Waals surface area contributed by atoms with Crippen molar-refractivity contribution in [3.8, 4) is 0 Å². The van der Waals surface area contributed by atoms with Crippen LogP contribution in [0, 0.1) is 5.41 Å². The molecule has 0 spiro atoms. The van der Waals surface area contributed by atoms with Gasteiger partial charge in [-0.25, -0.2) is 0 Å². The molecule has 0 radical (unpaired) electrons. The van der Waals surface area contributed by atoms with Crippen molar-refractivity contribution in [3.05, 3.63) is 0 Å². The highest BCUT2D eigenvalue weighted by Crippen LogP contribution is 2.28. The maximum Gasteiger partial charge on any atom is 0.247 e. The third-order valence-corrected chi connectivity index (χ3v) is 4.34. The lowest BCUT2D eigenvalue weighted by atomic mass is 9.84. The van der Waals surface area contributed by atoms with E-state index in [1.54, 1.807) is 16.8 Å². The number of carbonyl (C=O) groups excluding carboxylic acids is 2. The second kappa shape index (κ2) is 6.12. The number of amides is 2. The molecule has 0 atom stereocenters. The normalized spacial score (nSPS) is 19.4. The molecule has 0 saturated carbocycles. The van der Waals surface area contributed by atoms with Crippen LogP contribution in [-0.4, -0.2) is 53.8 Å². The van der Waals surface area contributed by atoms with Crippen molar-refractivity contribution < 1.29 is 9.59 Å². The Morgan fingerprint density at radius 3 is 2.45 bits per heavy atom. The van der Waals surface area contributed by atoms with Crippen LogP contribution >= 0.6 is 0 Å². The molecule has 20 heavy (non-hydrogen) atoms. The molecule has 0 aromatic heterocycles. The van der Waals surface area contributed by atoms with Gasteiger partial charge in [-0.2, -0.15) is 0 Å². The molecule has 5 heteroatoms. The minimum absolute atomic E-state index is 0.0123. The second-order valence-corrected chi connectivity index (χ2v) is 7.03. The Labute approximate surface area is 122 Å². The molecule has 1 aliphatic heterocycles. The van der Waals surface area contributed by atoms with E-state index >= 15 is 0 Å². The highest BCUT2D eigenvalue weighted by molar-refractivity contribution is 5.91. The van der Waals surface area contributed by atoms with Crippen molar-refractivity contribution in [2.45, 2.75) is 52.5 Å². The summed E-state index contributed by atoms with van der Waals surface area (Å²) in [5.41, 5.74) is 4.94. The number of rotatable bonds is 5. The zero-order chi connectivity index (χ0) is 15.6. The molecule has 0 unspecified atom stereocenters. The first-order chi connectivity index (χ1) is 9.12. The van der Waals surface area contributed by atoms with Gasteiger partial charge in [0.25, 0.3) is 0 Å². The smallest absolute Gasteiger partial charge is 0.247 e. The summed E-state index contributed by atoms with van der Waals surface area (Å²) in [5, 5.41) is 0. The Kier molecular flexibility index (Phi) is 5.19. The third-order valence-electron chi connectivity index (χ3n) is 4.34. The highest BCUT2D eigenvalue weighted by Gasteiger charge is 2.42. The lowest BCUT2D eigenvalue weighted by Crippen LogP contribution is -2.63. The van der Waals surface area contributed by atoms with Crippen molar-refractivity contribution in [2.24, 2.45) is 11.1 Å². The van der Waals surface area contributed by atoms with Crippen LogP contribution in [0.1, 0.15) is 47.0 Å². The van der Waals surface area contributed by atoms with Crippen molar-refractivity contribution in [1.29, 1.82) is 0 Å². The van der Waals surface area contributed by atoms with Gasteiger partial charge in [-0.1, -0.05) is 13.8 Å². The summed E-state index contributed by atoms with van der Waals surface area (Å²) in [6.07, 6.45) is 2.19. The highest BCUT2D eigenvalue weighted by atomic mass is 16.2. The lowest BCUT2D eigenvalue weighted by molar-refractivity contribution is -0.157. The van der Waals surface area contributed by atoms with Crippen LogP contribution in [0.15, 0.2) is 0 Å². The van der Waals surface area contributed by atoms with E-state index in [-0.39, 0.29) is 17.2 Å². The van der Waals surface area contributed by atoms with Crippen molar-refractivity contribution in [2.75, 3.05) is 26.7 Å². The number of hydrogen-bond donors (Lipinski definition) is 1. The summed E-state index contributed by atoms with van der Waals surface area (Å²) < 4.78 is 0. The minimum Gasteiger partial charge on any atom is -0.342 e. The third kappa shape index (κ3) is 3.72. The number of likely N-dealkylation sites (N-methyl/N-ethyl adjacent to an activating group) is 1. The zero-order valence-corrected chi connectivity index (χ0v) is 13.5. The lowest BCUT2D eigenvalue weighted by Gasteiger charge is -2.45. The molecule has 1 rings (SSSR count). The number of nitrogens with two attached hydrogens (primary N) is 1. The summed E-state index contributed by atoms with van der Waals surface area (Å²) >= 11 is 0. The molecular weight excluding hydrogens is 254 g/mol. The average molecular weight is 283 g/mol. The quantitative estimate of drug-likeness (QED) is 0.825. The summed E-state index contributed by atoms with van der Waals surface area (Å²) in [6.45, 7) is 9.79. The van der Waals surface area contributed by atoms with E-state index in [1.165, 1.54) is 0 Å². The monoisotopic (exact) mass is 283 g/mol. The molecule has 2 N–H and O–H groups in total. The summed E-state index contributed by atoms with van der Waals surface area (Å²) in [6, 6.07) is 0. The fourth-order valence-corrected chi connectivity index (χ4v) is 2.75. The summed E-state index contributed by atoms with van der Waals surface area (Å²) in [7, 11) is 1.79. The van der Waals surface area contributed by atoms with Gasteiger partial charge in [-0.05, 0) is 38.6 Å². The first-order valence-electron chi connectivity index (χ1n) is 7.38. The molecule has 0 aromatic rings. The molecule has 1 aliphatic rings. The fraction of sp³-hybridized carbons (Fsp3) is 0.867. The second-order valence-electron chi connectivity index (χ2n) is 7.03. The summed E-state index contributed by atoms with van der Waals surface area (Å²) in [4.78, 5) is 28.0. The summed E-state index contributed by atoms with van der Waals surface area (Å²) in [5.74, 6) is 0.0832. The molecule has 1 saturated heterocycles. The van der Waals surface area contributed by atoms with Crippen molar-refractivity contribution in [3.63, 3.8) is 0 Å². The van der Waals surface area contributed by atoms with E-state index in [0.29, 0.717) is 26.1 Å². The number of hydrogen-bond acceptors (Lipinski definition) is 3. The minimum atomic E-state index is -0.734. The topological polar surface area (TPSA) is 66.6 Å². The van der Waals surface area contributed by atoms with Gasteiger partial charge in [0, 0.05) is 26.6 Å². The standard InChI is InChI=1S/C15H29N3O2/c1-14(2,8-9-16)7-6-12(19)18-11-10-17(5)13(20)15(18,3)4/h6-11,16H2,1-5H3. The average Bonchev–Trinajstić information content (AvgIpc) is 2.33. The number of nitrogens with zero attached hydrogens (tertiary/aromatic N) is 2. The molecule has 1 fully saturated rings. The van der Waals surface area contributed by atoms with Gasteiger partial charge in [0.05, 0.1) is 0 Å². The van der Waals surface area contributed by atoms with E-state index in [1.807, 2.05) is 13.8 Å². The van der Waals surface area contributed by atoms with Crippen molar-refractivity contribution in [1.82, 2.24) is 9.80 Å². The van der Waals surface area contributed by atoms with Crippen LogP contribution in [-0.2, 0) is 9.59 Å². The van der Waals surface area contributed by atoms with Gasteiger partial charge in [0.2, 0.25) is 11.8 Å². The Morgan fingerprint density at radius 1 is 1.30 bits per heavy atom. The van der Waals surface area contributed by atoms with E-state index in [4.69, 9.17) is 5.73 Å². The van der Waals surface area contributed by atoms with Crippen LogP contribution in [0.4, 0.5) is 0 Å². The first kappa shape index (κ1) is 17.0. The first-order valence-corrected chi connectivity index (χ1v) is 7.38. The molecular formula is C15H29N3O2. The molecule has 0 bridgehead atoms. The van der Waals surface area contributed by atoms with Gasteiger partial charge < -0.3 is 15.5 Å². The SMILES string of the molecule is CN1CCN(C(=O)CCC(C)(C)CCN)C(C)(C)C1=O.